The van der Waals surface area contributed by atoms with Crippen LogP contribution in [0.25, 0.3) is 0 Å². The molecule has 0 amide bonds. The molecule has 0 spiro atoms. The van der Waals surface area contributed by atoms with Crippen LogP contribution in [0, 0.1) is 0 Å². The lowest BCUT2D eigenvalue weighted by atomic mass is 9.87. The maximum Gasteiger partial charge on any atom is 0.0655 e. The summed E-state index contributed by atoms with van der Waals surface area (Å²) < 4.78 is 0. The van der Waals surface area contributed by atoms with Crippen LogP contribution in [0.3, 0.4) is 0 Å². The summed E-state index contributed by atoms with van der Waals surface area (Å²) in [5, 5.41) is 10.7. The van der Waals surface area contributed by atoms with Crippen LogP contribution in [0.4, 0.5) is 0 Å². The lowest BCUT2D eigenvalue weighted by Gasteiger charge is -2.19. The third-order valence-electron chi connectivity index (χ3n) is 3.32. The third kappa shape index (κ3) is 2.81. The standard InChI is InChI=1S/C12H21N3/c1-13-8-7-11-9-12(15-14-11)10-5-3-2-4-6-10/h9-10,13H,2-8H2,1H3,(H,14,15). The van der Waals surface area contributed by atoms with Gasteiger partial charge in [0, 0.05) is 24.6 Å². The highest BCUT2D eigenvalue weighted by molar-refractivity contribution is 5.14. The first-order chi connectivity index (χ1) is 7.40. The number of aromatic amines is 1. The zero-order chi connectivity index (χ0) is 10.5. The number of likely N-dealkylation sites (N-methyl/N-ethyl adjacent to an activating group) is 1. The van der Waals surface area contributed by atoms with Crippen molar-refractivity contribution >= 4 is 0 Å². The molecule has 3 nitrogen and oxygen atoms in total. The number of hydrogen-bond acceptors (Lipinski definition) is 2. The van der Waals surface area contributed by atoms with E-state index < -0.39 is 0 Å². The van der Waals surface area contributed by atoms with Gasteiger partial charge in [0.2, 0.25) is 0 Å². The van der Waals surface area contributed by atoms with Gasteiger partial charge in [-0.2, -0.15) is 5.10 Å². The molecule has 1 fully saturated rings. The molecule has 15 heavy (non-hydrogen) atoms. The molecule has 2 rings (SSSR count). The molecule has 2 N–H and O–H groups in total. The normalized spacial score (nSPS) is 18.2. The van der Waals surface area contributed by atoms with Gasteiger partial charge < -0.3 is 5.32 Å². The molecule has 0 bridgehead atoms. The largest absolute Gasteiger partial charge is 0.319 e. The fourth-order valence-electron chi connectivity index (χ4n) is 2.37. The molecule has 0 radical (unpaired) electrons. The van der Waals surface area contributed by atoms with Gasteiger partial charge in [0.25, 0.3) is 0 Å². The van der Waals surface area contributed by atoms with Crippen molar-refractivity contribution in [1.82, 2.24) is 15.5 Å². The molecular formula is C12H21N3. The fourth-order valence-corrected chi connectivity index (χ4v) is 2.37. The SMILES string of the molecule is CNCCc1cc(C2CCCCC2)n[nH]1. The highest BCUT2D eigenvalue weighted by atomic mass is 15.1. The van der Waals surface area contributed by atoms with E-state index in [0.717, 1.165) is 18.9 Å². The Labute approximate surface area is 91.7 Å². The highest BCUT2D eigenvalue weighted by Crippen LogP contribution is 2.31. The van der Waals surface area contributed by atoms with Gasteiger partial charge in [-0.3, -0.25) is 5.10 Å². The topological polar surface area (TPSA) is 40.7 Å². The molecule has 1 aliphatic carbocycles. The Balaban J connectivity index is 1.93. The first kappa shape index (κ1) is 10.7. The Morgan fingerprint density at radius 1 is 1.40 bits per heavy atom. The molecule has 3 heteroatoms. The second-order valence-electron chi connectivity index (χ2n) is 4.51. The van der Waals surface area contributed by atoms with Gasteiger partial charge in [-0.05, 0) is 26.0 Å². The first-order valence-corrected chi connectivity index (χ1v) is 6.09. The van der Waals surface area contributed by atoms with E-state index in [1.54, 1.807) is 0 Å². The molecule has 0 aliphatic heterocycles. The van der Waals surface area contributed by atoms with Gasteiger partial charge in [0.15, 0.2) is 0 Å². The van der Waals surface area contributed by atoms with Gasteiger partial charge in [-0.25, -0.2) is 0 Å². The lowest BCUT2D eigenvalue weighted by molar-refractivity contribution is 0.436. The summed E-state index contributed by atoms with van der Waals surface area (Å²) >= 11 is 0. The summed E-state index contributed by atoms with van der Waals surface area (Å²) in [7, 11) is 1.98. The van der Waals surface area contributed by atoms with Crippen molar-refractivity contribution in [2.24, 2.45) is 0 Å². The summed E-state index contributed by atoms with van der Waals surface area (Å²) in [5.41, 5.74) is 2.56. The molecular weight excluding hydrogens is 186 g/mol. The molecule has 1 aliphatic rings. The predicted molar refractivity (Wildman–Crippen MR) is 62.0 cm³/mol. The predicted octanol–water partition coefficient (Wildman–Crippen LogP) is 2.22. The molecule has 1 heterocycles. The van der Waals surface area contributed by atoms with Crippen LogP contribution in [0.2, 0.25) is 0 Å². The monoisotopic (exact) mass is 207 g/mol. The van der Waals surface area contributed by atoms with Crippen molar-refractivity contribution in [3.05, 3.63) is 17.5 Å². The minimum absolute atomic E-state index is 0.721. The van der Waals surface area contributed by atoms with Crippen molar-refractivity contribution in [3.63, 3.8) is 0 Å². The molecule has 0 saturated heterocycles. The summed E-state index contributed by atoms with van der Waals surface area (Å²) in [6.45, 7) is 1.02. The fraction of sp³-hybridized carbons (Fsp3) is 0.750. The zero-order valence-corrected chi connectivity index (χ0v) is 9.55. The highest BCUT2D eigenvalue weighted by Gasteiger charge is 2.17. The Morgan fingerprint density at radius 2 is 2.20 bits per heavy atom. The zero-order valence-electron chi connectivity index (χ0n) is 9.55. The third-order valence-corrected chi connectivity index (χ3v) is 3.32. The lowest BCUT2D eigenvalue weighted by Crippen LogP contribution is -2.10. The molecule has 0 unspecified atom stereocenters. The van der Waals surface area contributed by atoms with Crippen molar-refractivity contribution in [3.8, 4) is 0 Å². The van der Waals surface area contributed by atoms with E-state index in [9.17, 15) is 0 Å². The smallest absolute Gasteiger partial charge is 0.0655 e. The molecule has 1 aromatic rings. The first-order valence-electron chi connectivity index (χ1n) is 6.09. The van der Waals surface area contributed by atoms with Crippen molar-refractivity contribution < 1.29 is 0 Å². The van der Waals surface area contributed by atoms with Crippen molar-refractivity contribution in [2.45, 2.75) is 44.4 Å². The second-order valence-corrected chi connectivity index (χ2v) is 4.51. The average Bonchev–Trinajstić information content (AvgIpc) is 2.76. The Morgan fingerprint density at radius 3 is 2.93 bits per heavy atom. The van der Waals surface area contributed by atoms with Crippen LogP contribution in [-0.2, 0) is 6.42 Å². The van der Waals surface area contributed by atoms with E-state index in [1.165, 1.54) is 43.5 Å². The molecule has 1 saturated carbocycles. The number of nitrogens with zero attached hydrogens (tertiary/aromatic N) is 1. The molecule has 0 atom stereocenters. The van der Waals surface area contributed by atoms with Crippen molar-refractivity contribution in [1.29, 1.82) is 0 Å². The van der Waals surface area contributed by atoms with Gasteiger partial charge in [0.05, 0.1) is 5.69 Å². The maximum absolute atomic E-state index is 4.44. The molecule has 1 aromatic heterocycles. The van der Waals surface area contributed by atoms with Crippen molar-refractivity contribution in [2.75, 3.05) is 13.6 Å². The van der Waals surface area contributed by atoms with E-state index in [0.29, 0.717) is 0 Å². The molecule has 0 aromatic carbocycles. The van der Waals surface area contributed by atoms with Gasteiger partial charge in [0.1, 0.15) is 0 Å². The van der Waals surface area contributed by atoms with Crippen LogP contribution in [0.15, 0.2) is 6.07 Å². The van der Waals surface area contributed by atoms with Gasteiger partial charge in [-0.1, -0.05) is 19.3 Å². The second kappa shape index (κ2) is 5.31. The Bertz CT molecular complexity index is 287. The number of nitrogens with one attached hydrogen (secondary N) is 2. The van der Waals surface area contributed by atoms with Crippen LogP contribution >= 0.6 is 0 Å². The molecule has 84 valence electrons. The summed E-state index contributed by atoms with van der Waals surface area (Å²) in [6.07, 6.45) is 7.88. The number of hydrogen-bond donors (Lipinski definition) is 2. The van der Waals surface area contributed by atoms with E-state index in [1.807, 2.05) is 7.05 Å². The number of aromatic nitrogens is 2. The summed E-state index contributed by atoms with van der Waals surface area (Å²) in [5.74, 6) is 0.721. The minimum atomic E-state index is 0.721. The number of rotatable bonds is 4. The maximum atomic E-state index is 4.44. The summed E-state index contributed by atoms with van der Waals surface area (Å²) in [4.78, 5) is 0. The van der Waals surface area contributed by atoms with E-state index in [4.69, 9.17) is 0 Å². The minimum Gasteiger partial charge on any atom is -0.319 e. The van der Waals surface area contributed by atoms with E-state index in [2.05, 4.69) is 21.6 Å². The average molecular weight is 207 g/mol. The quantitative estimate of drug-likeness (QED) is 0.794. The Kier molecular flexibility index (Phi) is 3.78. The Hall–Kier alpha value is -0.830. The van der Waals surface area contributed by atoms with Crippen LogP contribution in [-0.4, -0.2) is 23.8 Å². The van der Waals surface area contributed by atoms with Gasteiger partial charge in [-0.15, -0.1) is 0 Å². The van der Waals surface area contributed by atoms with Crippen LogP contribution < -0.4 is 5.32 Å². The van der Waals surface area contributed by atoms with E-state index >= 15 is 0 Å². The van der Waals surface area contributed by atoms with Crippen LogP contribution in [0.1, 0.15) is 49.4 Å². The van der Waals surface area contributed by atoms with Gasteiger partial charge >= 0.3 is 0 Å². The van der Waals surface area contributed by atoms with E-state index in [-0.39, 0.29) is 0 Å². The summed E-state index contributed by atoms with van der Waals surface area (Å²) in [6, 6.07) is 2.26. The number of H-pyrrole nitrogens is 1. The van der Waals surface area contributed by atoms with Crippen LogP contribution in [0.5, 0.6) is 0 Å².